The summed E-state index contributed by atoms with van der Waals surface area (Å²) in [5.74, 6) is -0.851. The number of carboxylic acid groups (broad SMARTS) is 1. The van der Waals surface area contributed by atoms with E-state index >= 15 is 0 Å². The number of aliphatic carboxylic acids is 1. The molecule has 0 radical (unpaired) electrons. The summed E-state index contributed by atoms with van der Waals surface area (Å²) >= 11 is 0. The maximum Gasteiger partial charge on any atom is 0.337 e. The molecule has 0 aromatic heterocycles. The molecular weight excluding hydrogens is 206 g/mol. The lowest BCUT2D eigenvalue weighted by Gasteiger charge is -2.43. The van der Waals surface area contributed by atoms with Crippen molar-refractivity contribution in [1.29, 1.82) is 0 Å². The fourth-order valence-corrected chi connectivity index (χ4v) is 2.03. The molecular formula is C12H23NO3. The second-order valence-corrected chi connectivity index (χ2v) is 5.65. The van der Waals surface area contributed by atoms with Crippen molar-refractivity contribution in [3.8, 4) is 0 Å². The molecule has 4 nitrogen and oxygen atoms in total. The van der Waals surface area contributed by atoms with Gasteiger partial charge in [-0.05, 0) is 11.8 Å². The molecule has 1 aliphatic rings. The van der Waals surface area contributed by atoms with Gasteiger partial charge in [0.15, 0.2) is 5.60 Å². The third kappa shape index (κ3) is 2.74. The second kappa shape index (κ2) is 4.72. The zero-order valence-corrected chi connectivity index (χ0v) is 10.7. The monoisotopic (exact) mass is 229 g/mol. The first-order chi connectivity index (χ1) is 7.32. The van der Waals surface area contributed by atoms with E-state index in [1.807, 2.05) is 6.92 Å². The number of morpholine rings is 1. The van der Waals surface area contributed by atoms with Gasteiger partial charge in [0.2, 0.25) is 0 Å². The smallest absolute Gasteiger partial charge is 0.337 e. The average molecular weight is 229 g/mol. The minimum Gasteiger partial charge on any atom is -0.479 e. The summed E-state index contributed by atoms with van der Waals surface area (Å²) in [6.45, 7) is 9.33. The van der Waals surface area contributed by atoms with Gasteiger partial charge in [-0.1, -0.05) is 34.1 Å². The Morgan fingerprint density at radius 3 is 2.62 bits per heavy atom. The predicted octanol–water partition coefficient (Wildman–Crippen LogP) is 1.64. The summed E-state index contributed by atoms with van der Waals surface area (Å²) in [5.41, 5.74) is -1.08. The molecule has 94 valence electrons. The lowest BCUT2D eigenvalue weighted by atomic mass is 9.85. The normalized spacial score (nSPS) is 31.4. The van der Waals surface area contributed by atoms with Crippen LogP contribution in [0.4, 0.5) is 0 Å². The van der Waals surface area contributed by atoms with E-state index in [4.69, 9.17) is 4.74 Å². The molecule has 2 atom stereocenters. The standard InChI is InChI=1S/C12H23NO3/c1-5-6-12(10(14)15)8-13-7-9(16-12)11(2,3)4/h9,13H,5-8H2,1-4H3,(H,14,15)/t9-,12-/m1/s1. The van der Waals surface area contributed by atoms with Crippen molar-refractivity contribution in [2.24, 2.45) is 5.41 Å². The lowest BCUT2D eigenvalue weighted by Crippen LogP contribution is -2.60. The van der Waals surface area contributed by atoms with Crippen LogP contribution in [0, 0.1) is 5.41 Å². The number of nitrogens with one attached hydrogen (secondary N) is 1. The highest BCUT2D eigenvalue weighted by atomic mass is 16.5. The number of ether oxygens (including phenoxy) is 1. The second-order valence-electron chi connectivity index (χ2n) is 5.65. The highest BCUT2D eigenvalue weighted by Crippen LogP contribution is 2.31. The van der Waals surface area contributed by atoms with Gasteiger partial charge >= 0.3 is 5.97 Å². The van der Waals surface area contributed by atoms with E-state index in [9.17, 15) is 9.90 Å². The molecule has 2 N–H and O–H groups in total. The van der Waals surface area contributed by atoms with E-state index in [0.29, 0.717) is 13.0 Å². The number of hydrogen-bond donors (Lipinski definition) is 2. The molecule has 0 spiro atoms. The zero-order chi connectivity index (χ0) is 12.4. The van der Waals surface area contributed by atoms with Gasteiger partial charge in [0, 0.05) is 13.1 Å². The fraction of sp³-hybridized carbons (Fsp3) is 0.917. The number of hydrogen-bond acceptors (Lipinski definition) is 3. The van der Waals surface area contributed by atoms with Gasteiger partial charge in [-0.25, -0.2) is 4.79 Å². The van der Waals surface area contributed by atoms with E-state index in [-0.39, 0.29) is 11.5 Å². The minimum absolute atomic E-state index is 0.0398. The van der Waals surface area contributed by atoms with Crippen LogP contribution >= 0.6 is 0 Å². The highest BCUT2D eigenvalue weighted by molar-refractivity contribution is 5.78. The van der Waals surface area contributed by atoms with Crippen LogP contribution in [0.2, 0.25) is 0 Å². The molecule has 1 rings (SSSR count). The summed E-state index contributed by atoms with van der Waals surface area (Å²) in [4.78, 5) is 11.4. The Bertz CT molecular complexity index is 255. The molecule has 1 aliphatic heterocycles. The van der Waals surface area contributed by atoms with Crippen LogP contribution in [0.3, 0.4) is 0 Å². The predicted molar refractivity (Wildman–Crippen MR) is 62.5 cm³/mol. The Labute approximate surface area is 97.4 Å². The molecule has 1 fully saturated rings. The fourth-order valence-electron chi connectivity index (χ4n) is 2.03. The van der Waals surface area contributed by atoms with Gasteiger partial charge in [0.05, 0.1) is 6.10 Å². The van der Waals surface area contributed by atoms with Crippen LogP contribution in [0.5, 0.6) is 0 Å². The van der Waals surface area contributed by atoms with Gasteiger partial charge < -0.3 is 15.2 Å². The zero-order valence-electron chi connectivity index (χ0n) is 10.7. The van der Waals surface area contributed by atoms with Gasteiger partial charge in [0.25, 0.3) is 0 Å². The summed E-state index contributed by atoms with van der Waals surface area (Å²) in [7, 11) is 0. The summed E-state index contributed by atoms with van der Waals surface area (Å²) < 4.78 is 5.88. The molecule has 0 aliphatic carbocycles. The highest BCUT2D eigenvalue weighted by Gasteiger charge is 2.46. The topological polar surface area (TPSA) is 58.6 Å². The van der Waals surface area contributed by atoms with Crippen LogP contribution in [-0.2, 0) is 9.53 Å². The van der Waals surface area contributed by atoms with Crippen LogP contribution < -0.4 is 5.32 Å². The molecule has 0 unspecified atom stereocenters. The SMILES string of the molecule is CCC[C@]1(C(=O)O)CNC[C@H](C(C)(C)C)O1. The first kappa shape index (κ1) is 13.5. The van der Waals surface area contributed by atoms with E-state index in [0.717, 1.165) is 13.0 Å². The molecule has 0 saturated carbocycles. The van der Waals surface area contributed by atoms with Crippen LogP contribution in [-0.4, -0.2) is 35.9 Å². The molecule has 1 saturated heterocycles. The van der Waals surface area contributed by atoms with Crippen molar-refractivity contribution in [2.45, 2.75) is 52.2 Å². The largest absolute Gasteiger partial charge is 0.479 e. The Balaban J connectivity index is 2.83. The minimum atomic E-state index is -1.04. The Kier molecular flexibility index (Phi) is 3.97. The van der Waals surface area contributed by atoms with E-state index in [2.05, 4.69) is 26.1 Å². The average Bonchev–Trinajstić information content (AvgIpc) is 2.17. The molecule has 0 amide bonds. The van der Waals surface area contributed by atoms with Gasteiger partial charge in [-0.2, -0.15) is 0 Å². The molecule has 1 heterocycles. The summed E-state index contributed by atoms with van der Waals surface area (Å²) in [6, 6.07) is 0. The number of carbonyl (C=O) groups is 1. The quantitative estimate of drug-likeness (QED) is 0.772. The Morgan fingerprint density at radius 1 is 1.56 bits per heavy atom. The van der Waals surface area contributed by atoms with Crippen molar-refractivity contribution >= 4 is 5.97 Å². The number of rotatable bonds is 3. The van der Waals surface area contributed by atoms with Crippen molar-refractivity contribution in [2.75, 3.05) is 13.1 Å². The third-order valence-electron chi connectivity index (χ3n) is 3.12. The molecule has 0 aromatic rings. The number of carboxylic acids is 1. The molecule has 0 aromatic carbocycles. The van der Waals surface area contributed by atoms with Crippen molar-refractivity contribution in [3.63, 3.8) is 0 Å². The van der Waals surface area contributed by atoms with Gasteiger partial charge in [-0.3, -0.25) is 0 Å². The maximum absolute atomic E-state index is 11.4. The van der Waals surface area contributed by atoms with Crippen LogP contribution in [0.15, 0.2) is 0 Å². The Morgan fingerprint density at radius 2 is 2.19 bits per heavy atom. The van der Waals surface area contributed by atoms with Gasteiger partial charge in [-0.15, -0.1) is 0 Å². The van der Waals surface area contributed by atoms with Gasteiger partial charge in [0.1, 0.15) is 0 Å². The molecule has 0 bridgehead atoms. The molecule has 4 heteroatoms. The van der Waals surface area contributed by atoms with E-state index < -0.39 is 11.6 Å². The third-order valence-corrected chi connectivity index (χ3v) is 3.12. The lowest BCUT2D eigenvalue weighted by molar-refractivity contribution is -0.192. The Hall–Kier alpha value is -0.610. The first-order valence-corrected chi connectivity index (χ1v) is 5.94. The van der Waals surface area contributed by atoms with E-state index in [1.54, 1.807) is 0 Å². The molecule has 16 heavy (non-hydrogen) atoms. The van der Waals surface area contributed by atoms with Crippen molar-refractivity contribution < 1.29 is 14.6 Å². The summed E-state index contributed by atoms with van der Waals surface area (Å²) in [5, 5.41) is 12.5. The van der Waals surface area contributed by atoms with Crippen LogP contribution in [0.1, 0.15) is 40.5 Å². The van der Waals surface area contributed by atoms with Crippen molar-refractivity contribution in [1.82, 2.24) is 5.32 Å². The summed E-state index contributed by atoms with van der Waals surface area (Å²) in [6.07, 6.45) is 1.32. The van der Waals surface area contributed by atoms with Crippen LogP contribution in [0.25, 0.3) is 0 Å². The van der Waals surface area contributed by atoms with E-state index in [1.165, 1.54) is 0 Å². The first-order valence-electron chi connectivity index (χ1n) is 5.94. The van der Waals surface area contributed by atoms with Crippen molar-refractivity contribution in [3.05, 3.63) is 0 Å². The maximum atomic E-state index is 11.4.